The maximum Gasteiger partial charge on any atom is 0.221 e. The summed E-state index contributed by atoms with van der Waals surface area (Å²) in [6, 6.07) is 16.1. The van der Waals surface area contributed by atoms with Crippen LogP contribution in [0.25, 0.3) is 11.1 Å². The third-order valence-electron chi connectivity index (χ3n) is 4.23. The zero-order valence-electron chi connectivity index (χ0n) is 16.8. The molecule has 2 aromatic carbocycles. The van der Waals surface area contributed by atoms with E-state index in [-0.39, 0.29) is 0 Å². The Kier molecular flexibility index (Phi) is 8.47. The van der Waals surface area contributed by atoms with Crippen molar-refractivity contribution in [2.75, 3.05) is 19.5 Å². The number of aryl methyl sites for hydroxylation is 1. The molecule has 0 atom stereocenters. The third kappa shape index (κ3) is 5.95. The lowest BCUT2D eigenvalue weighted by atomic mass is 10.0. The first-order valence-electron chi connectivity index (χ1n) is 9.01. The number of benzene rings is 2. The van der Waals surface area contributed by atoms with Gasteiger partial charge in [0.15, 0.2) is 0 Å². The number of aromatic nitrogens is 1. The van der Waals surface area contributed by atoms with Crippen LogP contribution in [0.3, 0.4) is 0 Å². The smallest absolute Gasteiger partial charge is 0.221 e. The number of carbonyl (C=O) groups excluding carboxylic acids is 1. The van der Waals surface area contributed by atoms with E-state index in [1.54, 1.807) is 18.7 Å². The van der Waals surface area contributed by atoms with Gasteiger partial charge in [0.2, 0.25) is 6.41 Å². The highest BCUT2D eigenvalue weighted by molar-refractivity contribution is 5.64. The predicted molar refractivity (Wildman–Crippen MR) is 115 cm³/mol. The fourth-order valence-corrected chi connectivity index (χ4v) is 2.81. The average molecular weight is 394 g/mol. The topological polar surface area (TPSA) is 98.5 Å². The molecule has 1 aromatic heterocycles. The number of carbonyl (C=O) groups is 1. The quantitative estimate of drug-likeness (QED) is 0.246. The average Bonchev–Trinajstić information content (AvgIpc) is 2.78. The number of methoxy groups -OCH3 is 1. The highest BCUT2D eigenvalue weighted by Gasteiger charge is 2.10. The van der Waals surface area contributed by atoms with Gasteiger partial charge >= 0.3 is 0 Å². The number of hydrogen-bond acceptors (Lipinski definition) is 6. The minimum absolute atomic E-state index is 0.403. The Balaban J connectivity index is 0.000000687. The van der Waals surface area contributed by atoms with Crippen molar-refractivity contribution < 1.29 is 14.3 Å². The predicted octanol–water partition coefficient (Wildman–Crippen LogP) is 3.29. The molecular formula is C22H26N4O3. The number of nitrogens with zero attached hydrogens (tertiary/aromatic N) is 1. The zero-order chi connectivity index (χ0) is 21.1. The molecule has 0 aliphatic heterocycles. The van der Waals surface area contributed by atoms with Gasteiger partial charge in [-0.3, -0.25) is 15.2 Å². The molecule has 0 saturated carbocycles. The molecule has 29 heavy (non-hydrogen) atoms. The van der Waals surface area contributed by atoms with Crippen LogP contribution < -0.4 is 26.1 Å². The molecule has 0 saturated heterocycles. The second kappa shape index (κ2) is 11.3. The fourth-order valence-electron chi connectivity index (χ4n) is 2.81. The largest absolute Gasteiger partial charge is 0.496 e. The van der Waals surface area contributed by atoms with Crippen molar-refractivity contribution in [1.82, 2.24) is 10.4 Å². The van der Waals surface area contributed by atoms with Gasteiger partial charge in [0.25, 0.3) is 0 Å². The number of ether oxygens (including phenoxy) is 2. The summed E-state index contributed by atoms with van der Waals surface area (Å²) in [6.45, 7) is 2.49. The van der Waals surface area contributed by atoms with Gasteiger partial charge < -0.3 is 14.8 Å². The highest BCUT2D eigenvalue weighted by Crippen LogP contribution is 2.30. The van der Waals surface area contributed by atoms with E-state index in [1.807, 2.05) is 43.6 Å². The van der Waals surface area contributed by atoms with Gasteiger partial charge in [-0.25, -0.2) is 5.84 Å². The monoisotopic (exact) mass is 394 g/mol. The summed E-state index contributed by atoms with van der Waals surface area (Å²) in [4.78, 5) is 13.1. The molecule has 0 spiro atoms. The van der Waals surface area contributed by atoms with Crippen molar-refractivity contribution in [2.24, 2.45) is 5.84 Å². The van der Waals surface area contributed by atoms with Crippen LogP contribution in [-0.4, -0.2) is 25.6 Å². The molecule has 1 heterocycles. The summed E-state index contributed by atoms with van der Waals surface area (Å²) < 4.78 is 11.5. The van der Waals surface area contributed by atoms with Crippen LogP contribution in [0.15, 0.2) is 60.9 Å². The van der Waals surface area contributed by atoms with Gasteiger partial charge in [-0.15, -0.1) is 0 Å². The molecule has 3 aromatic rings. The number of nitrogens with two attached hydrogens (primary N) is 1. The minimum Gasteiger partial charge on any atom is -0.496 e. The Bertz CT molecular complexity index is 895. The maximum atomic E-state index is 8.94. The molecule has 7 heteroatoms. The van der Waals surface area contributed by atoms with Crippen molar-refractivity contribution in [3.05, 3.63) is 72.1 Å². The zero-order valence-corrected chi connectivity index (χ0v) is 16.8. The highest BCUT2D eigenvalue weighted by atomic mass is 16.5. The Labute approximate surface area is 170 Å². The number of pyridine rings is 1. The lowest BCUT2D eigenvalue weighted by Gasteiger charge is -2.16. The van der Waals surface area contributed by atoms with Crippen molar-refractivity contribution in [3.63, 3.8) is 0 Å². The molecule has 0 aliphatic carbocycles. The second-order valence-electron chi connectivity index (χ2n) is 6.03. The number of hydrogen-bond donors (Lipinski definition) is 3. The molecule has 0 radical (unpaired) electrons. The molecule has 0 bridgehead atoms. The Morgan fingerprint density at radius 2 is 1.90 bits per heavy atom. The molecular weight excluding hydrogens is 368 g/mol. The van der Waals surface area contributed by atoms with Gasteiger partial charge in [-0.1, -0.05) is 18.2 Å². The SMILES string of the molecule is CNc1cccc(OC)c1COc1ccc(-c2cccnc2)cc1C.NNC=O. The van der Waals surface area contributed by atoms with E-state index in [0.29, 0.717) is 13.0 Å². The van der Waals surface area contributed by atoms with Gasteiger partial charge in [-0.05, 0) is 48.4 Å². The van der Waals surface area contributed by atoms with Gasteiger partial charge in [0.1, 0.15) is 18.1 Å². The first kappa shape index (κ1) is 21.7. The fraction of sp³-hybridized carbons (Fsp3) is 0.182. The summed E-state index contributed by atoms with van der Waals surface area (Å²) in [6.07, 6.45) is 4.05. The van der Waals surface area contributed by atoms with E-state index in [2.05, 4.69) is 41.3 Å². The molecule has 1 amide bonds. The van der Waals surface area contributed by atoms with E-state index in [1.165, 1.54) is 0 Å². The molecule has 0 fully saturated rings. The minimum atomic E-state index is 0.403. The van der Waals surface area contributed by atoms with Crippen LogP contribution in [0.5, 0.6) is 11.5 Å². The Hall–Kier alpha value is -3.58. The molecule has 0 unspecified atom stereocenters. The van der Waals surface area contributed by atoms with E-state index >= 15 is 0 Å². The Morgan fingerprint density at radius 3 is 2.48 bits per heavy atom. The van der Waals surface area contributed by atoms with E-state index in [0.717, 1.165) is 39.4 Å². The normalized spacial score (nSPS) is 9.66. The van der Waals surface area contributed by atoms with Crippen LogP contribution >= 0.6 is 0 Å². The van der Waals surface area contributed by atoms with E-state index in [9.17, 15) is 0 Å². The number of hydrazine groups is 1. The molecule has 3 rings (SSSR count). The number of rotatable bonds is 7. The standard InChI is InChI=1S/C21H22N2O2.CH4N2O/c1-15-12-16(17-6-5-11-23-13-17)9-10-20(15)25-14-18-19(22-2)7-4-8-21(18)24-3;2-3-1-4/h4-13,22H,14H2,1-3H3;1H,2H2,(H,3,4). The molecule has 0 aliphatic rings. The lowest BCUT2D eigenvalue weighted by molar-refractivity contribution is -0.109. The van der Waals surface area contributed by atoms with E-state index < -0.39 is 0 Å². The Morgan fingerprint density at radius 1 is 1.10 bits per heavy atom. The van der Waals surface area contributed by atoms with Crippen LogP contribution in [0.2, 0.25) is 0 Å². The summed E-state index contributed by atoms with van der Waals surface area (Å²) in [5, 5.41) is 3.18. The third-order valence-corrected chi connectivity index (χ3v) is 4.23. The number of anilines is 1. The van der Waals surface area contributed by atoms with Crippen molar-refractivity contribution in [3.8, 4) is 22.6 Å². The van der Waals surface area contributed by atoms with Gasteiger partial charge in [-0.2, -0.15) is 0 Å². The lowest BCUT2D eigenvalue weighted by Crippen LogP contribution is -2.18. The van der Waals surface area contributed by atoms with Crippen LogP contribution in [0.4, 0.5) is 5.69 Å². The van der Waals surface area contributed by atoms with Crippen LogP contribution in [0, 0.1) is 6.92 Å². The first-order valence-corrected chi connectivity index (χ1v) is 9.01. The number of nitrogens with one attached hydrogen (secondary N) is 2. The first-order chi connectivity index (χ1) is 14.1. The summed E-state index contributed by atoms with van der Waals surface area (Å²) in [5.41, 5.74) is 7.07. The van der Waals surface area contributed by atoms with Crippen molar-refractivity contribution in [2.45, 2.75) is 13.5 Å². The summed E-state index contributed by atoms with van der Waals surface area (Å²) >= 11 is 0. The number of amides is 1. The summed E-state index contributed by atoms with van der Waals surface area (Å²) in [5.74, 6) is 6.09. The van der Waals surface area contributed by atoms with E-state index in [4.69, 9.17) is 14.3 Å². The molecule has 4 N–H and O–H groups in total. The van der Waals surface area contributed by atoms with Crippen LogP contribution in [-0.2, 0) is 11.4 Å². The van der Waals surface area contributed by atoms with Crippen molar-refractivity contribution >= 4 is 12.1 Å². The van der Waals surface area contributed by atoms with Crippen LogP contribution in [0.1, 0.15) is 11.1 Å². The molecule has 7 nitrogen and oxygen atoms in total. The van der Waals surface area contributed by atoms with Gasteiger partial charge in [0.05, 0.1) is 12.7 Å². The van der Waals surface area contributed by atoms with Crippen molar-refractivity contribution in [1.29, 1.82) is 0 Å². The maximum absolute atomic E-state index is 8.94. The summed E-state index contributed by atoms with van der Waals surface area (Å²) in [7, 11) is 3.57. The van der Waals surface area contributed by atoms with Gasteiger partial charge in [0, 0.05) is 30.7 Å². The molecule has 152 valence electrons. The second-order valence-corrected chi connectivity index (χ2v) is 6.03.